The zero-order valence-corrected chi connectivity index (χ0v) is 15.1. The van der Waals surface area contributed by atoms with E-state index in [2.05, 4.69) is 15.1 Å². The van der Waals surface area contributed by atoms with Gasteiger partial charge in [0.2, 0.25) is 11.8 Å². The summed E-state index contributed by atoms with van der Waals surface area (Å²) >= 11 is 1.63. The van der Waals surface area contributed by atoms with E-state index >= 15 is 0 Å². The summed E-state index contributed by atoms with van der Waals surface area (Å²) in [6, 6.07) is 7.70. The van der Waals surface area contributed by atoms with Gasteiger partial charge in [-0.3, -0.25) is 4.79 Å². The van der Waals surface area contributed by atoms with E-state index in [0.717, 1.165) is 23.8 Å². The second kappa shape index (κ2) is 8.77. The minimum atomic E-state index is 0.190. The van der Waals surface area contributed by atoms with Gasteiger partial charge >= 0.3 is 0 Å². The number of carbonyl (C=O) groups excluding carboxylic acids is 1. The molecule has 2 aromatic heterocycles. The third-order valence-electron chi connectivity index (χ3n) is 4.03. The molecule has 3 rings (SSSR count). The Morgan fingerprint density at radius 3 is 2.64 bits per heavy atom. The second-order valence-electron chi connectivity index (χ2n) is 5.70. The van der Waals surface area contributed by atoms with E-state index in [1.165, 1.54) is 0 Å². The van der Waals surface area contributed by atoms with Gasteiger partial charge in [0.05, 0.1) is 13.0 Å². The normalized spacial score (nSPS) is 14.6. The number of carbonyl (C=O) groups is 1. The van der Waals surface area contributed by atoms with Crippen LogP contribution in [0.5, 0.6) is 5.88 Å². The number of hydrogen-bond donors (Lipinski definition) is 0. The summed E-state index contributed by atoms with van der Waals surface area (Å²) in [5.41, 5.74) is 0. The highest BCUT2D eigenvalue weighted by molar-refractivity contribution is 7.10. The van der Waals surface area contributed by atoms with E-state index in [1.54, 1.807) is 18.4 Å². The molecule has 0 aliphatic carbocycles. The van der Waals surface area contributed by atoms with Crippen LogP contribution in [0, 0.1) is 0 Å². The van der Waals surface area contributed by atoms with Gasteiger partial charge in [0.1, 0.15) is 6.61 Å². The predicted molar refractivity (Wildman–Crippen MR) is 96.2 cm³/mol. The summed E-state index contributed by atoms with van der Waals surface area (Å²) in [4.78, 5) is 17.5. The Morgan fingerprint density at radius 1 is 1.16 bits per heavy atom. The van der Waals surface area contributed by atoms with Crippen LogP contribution in [0.4, 0.5) is 5.82 Å². The fourth-order valence-corrected chi connectivity index (χ4v) is 3.34. The van der Waals surface area contributed by atoms with E-state index in [0.29, 0.717) is 38.6 Å². The highest BCUT2D eigenvalue weighted by atomic mass is 32.1. The fraction of sp³-hybridized carbons (Fsp3) is 0.471. The summed E-state index contributed by atoms with van der Waals surface area (Å²) < 4.78 is 10.3. The summed E-state index contributed by atoms with van der Waals surface area (Å²) in [5.74, 6) is 1.49. The summed E-state index contributed by atoms with van der Waals surface area (Å²) in [5, 5.41) is 10.3. The van der Waals surface area contributed by atoms with Gasteiger partial charge < -0.3 is 19.3 Å². The van der Waals surface area contributed by atoms with Gasteiger partial charge in [0, 0.05) is 44.2 Å². The van der Waals surface area contributed by atoms with Crippen molar-refractivity contribution in [1.29, 1.82) is 0 Å². The van der Waals surface area contributed by atoms with E-state index < -0.39 is 0 Å². The Morgan fingerprint density at radius 2 is 2.00 bits per heavy atom. The minimum absolute atomic E-state index is 0.190. The molecule has 8 heteroatoms. The Balaban J connectivity index is 1.47. The van der Waals surface area contributed by atoms with Crippen LogP contribution in [0.15, 0.2) is 29.6 Å². The van der Waals surface area contributed by atoms with Crippen molar-refractivity contribution in [2.45, 2.75) is 6.42 Å². The lowest BCUT2D eigenvalue weighted by Crippen LogP contribution is -2.49. The monoisotopic (exact) mass is 362 g/mol. The van der Waals surface area contributed by atoms with Crippen molar-refractivity contribution < 1.29 is 14.3 Å². The lowest BCUT2D eigenvalue weighted by molar-refractivity contribution is -0.130. The molecule has 1 aliphatic heterocycles. The first-order chi connectivity index (χ1) is 12.3. The van der Waals surface area contributed by atoms with Crippen LogP contribution < -0.4 is 9.64 Å². The predicted octanol–water partition coefficient (Wildman–Crippen LogP) is 1.45. The van der Waals surface area contributed by atoms with Gasteiger partial charge in [0.15, 0.2) is 5.82 Å². The number of piperazine rings is 1. The van der Waals surface area contributed by atoms with Crippen molar-refractivity contribution in [1.82, 2.24) is 15.1 Å². The molecule has 0 spiro atoms. The molecule has 0 saturated carbocycles. The molecule has 25 heavy (non-hydrogen) atoms. The van der Waals surface area contributed by atoms with Gasteiger partial charge in [-0.1, -0.05) is 6.07 Å². The molecule has 134 valence electrons. The smallest absolute Gasteiger partial charge is 0.233 e. The first-order valence-electron chi connectivity index (χ1n) is 8.27. The first kappa shape index (κ1) is 17.6. The standard InChI is InChI=1S/C17H22N4O3S/c1-23-10-11-24-16-5-4-15(18-19-16)20-6-8-21(9-7-20)17(22)13-14-3-2-12-25-14/h2-5,12H,6-11,13H2,1H3. The van der Waals surface area contributed by atoms with Crippen molar-refractivity contribution in [2.24, 2.45) is 0 Å². The van der Waals surface area contributed by atoms with Crippen molar-refractivity contribution >= 4 is 23.1 Å². The molecule has 0 unspecified atom stereocenters. The topological polar surface area (TPSA) is 67.8 Å². The number of methoxy groups -OCH3 is 1. The average Bonchev–Trinajstić information content (AvgIpc) is 3.16. The fourth-order valence-electron chi connectivity index (χ4n) is 2.65. The summed E-state index contributed by atoms with van der Waals surface area (Å²) in [6.07, 6.45) is 0.491. The Bertz CT molecular complexity index is 655. The molecular weight excluding hydrogens is 340 g/mol. The van der Waals surface area contributed by atoms with Gasteiger partial charge in [-0.25, -0.2) is 0 Å². The molecule has 1 aliphatic rings. The number of thiophene rings is 1. The molecule has 0 radical (unpaired) electrons. The molecule has 1 saturated heterocycles. The highest BCUT2D eigenvalue weighted by Gasteiger charge is 2.22. The molecule has 7 nitrogen and oxygen atoms in total. The summed E-state index contributed by atoms with van der Waals surface area (Å²) in [6.45, 7) is 3.90. The molecule has 0 aromatic carbocycles. The molecule has 0 N–H and O–H groups in total. The van der Waals surface area contributed by atoms with Crippen molar-refractivity contribution in [2.75, 3.05) is 51.4 Å². The maximum atomic E-state index is 12.3. The largest absolute Gasteiger partial charge is 0.474 e. The molecule has 0 atom stereocenters. The number of amides is 1. The van der Waals surface area contributed by atoms with E-state index in [-0.39, 0.29) is 5.91 Å². The third-order valence-corrected chi connectivity index (χ3v) is 4.90. The quantitative estimate of drug-likeness (QED) is 0.695. The number of nitrogens with zero attached hydrogens (tertiary/aromatic N) is 4. The number of aromatic nitrogens is 2. The maximum Gasteiger partial charge on any atom is 0.233 e. The molecule has 1 amide bonds. The van der Waals surface area contributed by atoms with Crippen LogP contribution in [0.1, 0.15) is 4.88 Å². The Labute approximate surface area is 151 Å². The van der Waals surface area contributed by atoms with Crippen LogP contribution >= 0.6 is 11.3 Å². The molecular formula is C17H22N4O3S. The second-order valence-corrected chi connectivity index (χ2v) is 6.73. The average molecular weight is 362 g/mol. The van der Waals surface area contributed by atoms with Gasteiger partial charge in [-0.2, -0.15) is 0 Å². The van der Waals surface area contributed by atoms with Crippen LogP contribution in [0.25, 0.3) is 0 Å². The third kappa shape index (κ3) is 4.90. The van der Waals surface area contributed by atoms with Gasteiger partial charge in [-0.05, 0) is 17.5 Å². The molecule has 3 heterocycles. The van der Waals surface area contributed by atoms with Crippen LogP contribution in [0.2, 0.25) is 0 Å². The van der Waals surface area contributed by atoms with Crippen LogP contribution in [-0.2, 0) is 16.0 Å². The zero-order chi connectivity index (χ0) is 17.5. The number of ether oxygens (including phenoxy) is 2. The molecule has 0 bridgehead atoms. The summed E-state index contributed by atoms with van der Waals surface area (Å²) in [7, 11) is 1.63. The number of hydrogen-bond acceptors (Lipinski definition) is 7. The van der Waals surface area contributed by atoms with Crippen LogP contribution in [0.3, 0.4) is 0 Å². The maximum absolute atomic E-state index is 12.3. The van der Waals surface area contributed by atoms with Crippen molar-refractivity contribution in [3.63, 3.8) is 0 Å². The minimum Gasteiger partial charge on any atom is -0.474 e. The Kier molecular flexibility index (Phi) is 6.19. The van der Waals surface area contributed by atoms with Gasteiger partial charge in [-0.15, -0.1) is 21.5 Å². The Hall–Kier alpha value is -2.19. The van der Waals surface area contributed by atoms with Gasteiger partial charge in [0.25, 0.3) is 0 Å². The zero-order valence-electron chi connectivity index (χ0n) is 14.3. The van der Waals surface area contributed by atoms with Crippen molar-refractivity contribution in [3.05, 3.63) is 34.5 Å². The number of anilines is 1. The molecule has 1 fully saturated rings. The highest BCUT2D eigenvalue weighted by Crippen LogP contribution is 2.16. The lowest BCUT2D eigenvalue weighted by Gasteiger charge is -2.35. The van der Waals surface area contributed by atoms with E-state index in [1.807, 2.05) is 34.5 Å². The first-order valence-corrected chi connectivity index (χ1v) is 9.15. The van der Waals surface area contributed by atoms with Crippen LogP contribution in [-0.4, -0.2) is 67.5 Å². The van der Waals surface area contributed by atoms with Crippen molar-refractivity contribution in [3.8, 4) is 5.88 Å². The SMILES string of the molecule is COCCOc1ccc(N2CCN(C(=O)Cc3cccs3)CC2)nn1. The van der Waals surface area contributed by atoms with E-state index in [9.17, 15) is 4.79 Å². The molecule has 2 aromatic rings. The lowest BCUT2D eigenvalue weighted by atomic mass is 10.2. The van der Waals surface area contributed by atoms with E-state index in [4.69, 9.17) is 9.47 Å². The number of rotatable bonds is 7.